The SMILES string of the molecule is COCc1cccc(CC2CCCCN2)c1O. The molecule has 1 fully saturated rings. The van der Waals surface area contributed by atoms with Gasteiger partial charge in [-0.3, -0.25) is 0 Å². The van der Waals surface area contributed by atoms with Crippen molar-refractivity contribution in [2.45, 2.75) is 38.3 Å². The normalized spacial score (nSPS) is 20.4. The number of piperidine rings is 1. The molecule has 0 radical (unpaired) electrons. The van der Waals surface area contributed by atoms with Crippen molar-refractivity contribution in [1.82, 2.24) is 5.32 Å². The van der Waals surface area contributed by atoms with Crippen LogP contribution in [0.3, 0.4) is 0 Å². The second kappa shape index (κ2) is 6.03. The average Bonchev–Trinajstić information content (AvgIpc) is 2.36. The van der Waals surface area contributed by atoms with Gasteiger partial charge in [0.25, 0.3) is 0 Å². The Labute approximate surface area is 103 Å². The van der Waals surface area contributed by atoms with Crippen molar-refractivity contribution in [2.24, 2.45) is 0 Å². The number of benzene rings is 1. The Kier molecular flexibility index (Phi) is 4.40. The third kappa shape index (κ3) is 3.20. The molecule has 3 heteroatoms. The summed E-state index contributed by atoms with van der Waals surface area (Å²) in [5.41, 5.74) is 1.90. The van der Waals surface area contributed by atoms with Gasteiger partial charge in [0.2, 0.25) is 0 Å². The van der Waals surface area contributed by atoms with Crippen LogP contribution in [0, 0.1) is 0 Å². The number of phenols is 1. The zero-order valence-electron chi connectivity index (χ0n) is 10.4. The number of hydrogen-bond acceptors (Lipinski definition) is 3. The first-order valence-corrected chi connectivity index (χ1v) is 6.33. The molecular formula is C14H21NO2. The van der Waals surface area contributed by atoms with E-state index < -0.39 is 0 Å². The topological polar surface area (TPSA) is 41.5 Å². The summed E-state index contributed by atoms with van der Waals surface area (Å²) in [7, 11) is 1.65. The molecule has 1 aromatic rings. The van der Waals surface area contributed by atoms with Crippen LogP contribution in [0.1, 0.15) is 30.4 Å². The Balaban J connectivity index is 2.06. The van der Waals surface area contributed by atoms with Gasteiger partial charge < -0.3 is 15.2 Å². The Morgan fingerprint density at radius 3 is 2.88 bits per heavy atom. The summed E-state index contributed by atoms with van der Waals surface area (Å²) in [4.78, 5) is 0. The van der Waals surface area contributed by atoms with Gasteiger partial charge in [0.1, 0.15) is 5.75 Å². The maximum Gasteiger partial charge on any atom is 0.124 e. The number of hydrogen-bond donors (Lipinski definition) is 2. The monoisotopic (exact) mass is 235 g/mol. The molecule has 0 spiro atoms. The third-order valence-corrected chi connectivity index (χ3v) is 3.38. The summed E-state index contributed by atoms with van der Waals surface area (Å²) >= 11 is 0. The molecule has 1 unspecified atom stereocenters. The van der Waals surface area contributed by atoms with E-state index >= 15 is 0 Å². The van der Waals surface area contributed by atoms with Gasteiger partial charge in [-0.1, -0.05) is 24.6 Å². The Hall–Kier alpha value is -1.06. The van der Waals surface area contributed by atoms with E-state index in [9.17, 15) is 5.11 Å². The highest BCUT2D eigenvalue weighted by molar-refractivity contribution is 5.40. The van der Waals surface area contributed by atoms with E-state index in [2.05, 4.69) is 5.32 Å². The number of rotatable bonds is 4. The minimum atomic E-state index is 0.404. The first-order chi connectivity index (χ1) is 8.31. The van der Waals surface area contributed by atoms with Crippen molar-refractivity contribution < 1.29 is 9.84 Å². The van der Waals surface area contributed by atoms with Crippen LogP contribution in [0.4, 0.5) is 0 Å². The smallest absolute Gasteiger partial charge is 0.124 e. The highest BCUT2D eigenvalue weighted by Crippen LogP contribution is 2.25. The molecule has 1 aliphatic heterocycles. The van der Waals surface area contributed by atoms with Crippen LogP contribution in [-0.2, 0) is 17.8 Å². The molecule has 0 bridgehead atoms. The van der Waals surface area contributed by atoms with E-state index in [1.807, 2.05) is 18.2 Å². The predicted octanol–water partition coefficient (Wildman–Crippen LogP) is 2.22. The lowest BCUT2D eigenvalue weighted by atomic mass is 9.96. The van der Waals surface area contributed by atoms with Crippen LogP contribution >= 0.6 is 0 Å². The van der Waals surface area contributed by atoms with Crippen molar-refractivity contribution in [3.05, 3.63) is 29.3 Å². The first kappa shape index (κ1) is 12.4. The highest BCUT2D eigenvalue weighted by Gasteiger charge is 2.15. The van der Waals surface area contributed by atoms with Crippen molar-refractivity contribution >= 4 is 0 Å². The number of ether oxygens (including phenoxy) is 1. The van der Waals surface area contributed by atoms with Crippen LogP contribution in [0.15, 0.2) is 18.2 Å². The second-order valence-electron chi connectivity index (χ2n) is 4.71. The van der Waals surface area contributed by atoms with Gasteiger partial charge in [0.05, 0.1) is 6.61 Å². The fourth-order valence-corrected chi connectivity index (χ4v) is 2.44. The van der Waals surface area contributed by atoms with Gasteiger partial charge in [-0.2, -0.15) is 0 Å². The van der Waals surface area contributed by atoms with Crippen LogP contribution in [0.5, 0.6) is 5.75 Å². The lowest BCUT2D eigenvalue weighted by Gasteiger charge is -2.24. The summed E-state index contributed by atoms with van der Waals surface area (Å²) < 4.78 is 5.08. The maximum atomic E-state index is 10.1. The molecule has 1 saturated heterocycles. The summed E-state index contributed by atoms with van der Waals surface area (Å²) in [6.45, 7) is 1.57. The summed E-state index contributed by atoms with van der Waals surface area (Å²) in [6.07, 6.45) is 4.67. The van der Waals surface area contributed by atoms with E-state index in [1.54, 1.807) is 7.11 Å². The van der Waals surface area contributed by atoms with Crippen molar-refractivity contribution in [1.29, 1.82) is 0 Å². The molecule has 1 heterocycles. The molecular weight excluding hydrogens is 214 g/mol. The maximum absolute atomic E-state index is 10.1. The van der Waals surface area contributed by atoms with E-state index in [1.165, 1.54) is 19.3 Å². The molecule has 2 N–H and O–H groups in total. The second-order valence-corrected chi connectivity index (χ2v) is 4.71. The minimum Gasteiger partial charge on any atom is -0.507 e. The average molecular weight is 235 g/mol. The van der Waals surface area contributed by atoms with Gasteiger partial charge >= 0.3 is 0 Å². The van der Waals surface area contributed by atoms with Gasteiger partial charge in [-0.25, -0.2) is 0 Å². The highest BCUT2D eigenvalue weighted by atomic mass is 16.5. The molecule has 0 aromatic heterocycles. The van der Waals surface area contributed by atoms with Crippen LogP contribution in [-0.4, -0.2) is 24.8 Å². The summed E-state index contributed by atoms with van der Waals surface area (Å²) in [5, 5.41) is 13.6. The number of para-hydroxylation sites is 1. The fraction of sp³-hybridized carbons (Fsp3) is 0.571. The number of phenolic OH excluding ortho intramolecular Hbond substituents is 1. The van der Waals surface area contributed by atoms with E-state index in [0.29, 0.717) is 18.4 Å². The Morgan fingerprint density at radius 1 is 1.35 bits per heavy atom. The lowest BCUT2D eigenvalue weighted by Crippen LogP contribution is -2.35. The van der Waals surface area contributed by atoms with Gasteiger partial charge in [-0.05, 0) is 31.4 Å². The number of aromatic hydroxyl groups is 1. The molecule has 1 aliphatic rings. The predicted molar refractivity (Wildman–Crippen MR) is 68.2 cm³/mol. The van der Waals surface area contributed by atoms with E-state index in [0.717, 1.165) is 24.1 Å². The molecule has 0 amide bonds. The molecule has 0 saturated carbocycles. The standard InChI is InChI=1S/C14H21NO2/c1-17-10-12-6-4-5-11(14(12)16)9-13-7-2-3-8-15-13/h4-6,13,15-16H,2-3,7-10H2,1H3. The lowest BCUT2D eigenvalue weighted by molar-refractivity contribution is 0.182. The third-order valence-electron chi connectivity index (χ3n) is 3.38. The van der Waals surface area contributed by atoms with Crippen LogP contribution < -0.4 is 5.32 Å². The van der Waals surface area contributed by atoms with Gasteiger partial charge in [-0.15, -0.1) is 0 Å². The van der Waals surface area contributed by atoms with Crippen molar-refractivity contribution in [3.63, 3.8) is 0 Å². The van der Waals surface area contributed by atoms with Crippen molar-refractivity contribution in [3.8, 4) is 5.75 Å². The molecule has 3 nitrogen and oxygen atoms in total. The van der Waals surface area contributed by atoms with E-state index in [-0.39, 0.29) is 0 Å². The summed E-state index contributed by atoms with van der Waals surface area (Å²) in [5.74, 6) is 0.404. The molecule has 2 rings (SSSR count). The Morgan fingerprint density at radius 2 is 2.18 bits per heavy atom. The van der Waals surface area contributed by atoms with Gasteiger partial charge in [0.15, 0.2) is 0 Å². The molecule has 1 aromatic carbocycles. The minimum absolute atomic E-state index is 0.404. The van der Waals surface area contributed by atoms with Crippen LogP contribution in [0.25, 0.3) is 0 Å². The van der Waals surface area contributed by atoms with Gasteiger partial charge in [0, 0.05) is 18.7 Å². The fourth-order valence-electron chi connectivity index (χ4n) is 2.44. The quantitative estimate of drug-likeness (QED) is 0.841. The first-order valence-electron chi connectivity index (χ1n) is 6.33. The zero-order chi connectivity index (χ0) is 12.1. The Bertz CT molecular complexity index is 359. The van der Waals surface area contributed by atoms with Crippen LogP contribution in [0.2, 0.25) is 0 Å². The summed E-state index contributed by atoms with van der Waals surface area (Å²) in [6, 6.07) is 6.42. The van der Waals surface area contributed by atoms with E-state index in [4.69, 9.17) is 4.74 Å². The van der Waals surface area contributed by atoms with Crippen molar-refractivity contribution in [2.75, 3.05) is 13.7 Å². The molecule has 94 valence electrons. The molecule has 17 heavy (non-hydrogen) atoms. The molecule has 0 aliphatic carbocycles. The number of nitrogens with one attached hydrogen (secondary N) is 1. The zero-order valence-corrected chi connectivity index (χ0v) is 10.4. The molecule has 1 atom stereocenters. The largest absolute Gasteiger partial charge is 0.507 e. The number of methoxy groups -OCH3 is 1.